The summed E-state index contributed by atoms with van der Waals surface area (Å²) in [5, 5.41) is 2.92. The first-order valence-corrected chi connectivity index (χ1v) is 11.8. The number of amides is 1. The number of hydrogen-bond donors (Lipinski definition) is 0. The molecule has 0 spiro atoms. The van der Waals surface area contributed by atoms with E-state index in [0.717, 1.165) is 11.8 Å². The van der Waals surface area contributed by atoms with Crippen LogP contribution in [-0.2, 0) is 22.1 Å². The van der Waals surface area contributed by atoms with Crippen LogP contribution in [0.3, 0.4) is 0 Å². The van der Waals surface area contributed by atoms with Crippen LogP contribution in [0.1, 0.15) is 21.5 Å². The van der Waals surface area contributed by atoms with Gasteiger partial charge < -0.3 is 4.57 Å². The summed E-state index contributed by atoms with van der Waals surface area (Å²) in [6.07, 6.45) is 2.98. The standard InChI is InChI=1S/C19H16Cl2N2O3S2/c1-28(25,26)12-13-3-2-4-14(9-13)18(24)22-19-23(7-8-27-19)11-15-5-6-16(20)10-17(15)21/h2-10H,11-12H2,1H3. The molecule has 1 aromatic heterocycles. The van der Waals surface area contributed by atoms with Crippen LogP contribution in [0.4, 0.5) is 0 Å². The molecule has 0 aliphatic heterocycles. The highest BCUT2D eigenvalue weighted by atomic mass is 35.5. The third kappa shape index (κ3) is 5.54. The lowest BCUT2D eigenvalue weighted by atomic mass is 10.1. The maximum atomic E-state index is 12.6. The number of carbonyl (C=O) groups is 1. The van der Waals surface area contributed by atoms with Crippen molar-refractivity contribution in [3.63, 3.8) is 0 Å². The number of benzene rings is 2. The van der Waals surface area contributed by atoms with Gasteiger partial charge in [-0.2, -0.15) is 4.99 Å². The Bertz CT molecular complexity index is 1200. The van der Waals surface area contributed by atoms with Crippen molar-refractivity contribution < 1.29 is 13.2 Å². The quantitative estimate of drug-likeness (QED) is 0.580. The Kier molecular flexibility index (Phi) is 6.40. The zero-order chi connectivity index (χ0) is 20.3. The van der Waals surface area contributed by atoms with Gasteiger partial charge in [0.1, 0.15) is 0 Å². The number of halogens is 2. The second-order valence-electron chi connectivity index (χ2n) is 6.24. The summed E-state index contributed by atoms with van der Waals surface area (Å²) in [5.41, 5.74) is 1.75. The molecule has 1 amide bonds. The van der Waals surface area contributed by atoms with Gasteiger partial charge in [-0.25, -0.2) is 8.42 Å². The summed E-state index contributed by atoms with van der Waals surface area (Å²) in [6, 6.07) is 11.7. The van der Waals surface area contributed by atoms with Crippen molar-refractivity contribution in [1.82, 2.24) is 4.57 Å². The smallest absolute Gasteiger partial charge is 0.279 e. The summed E-state index contributed by atoms with van der Waals surface area (Å²) < 4.78 is 24.8. The van der Waals surface area contributed by atoms with Crippen LogP contribution in [-0.4, -0.2) is 25.1 Å². The Morgan fingerprint density at radius 2 is 1.96 bits per heavy atom. The molecule has 3 rings (SSSR count). The summed E-state index contributed by atoms with van der Waals surface area (Å²) >= 11 is 13.5. The lowest BCUT2D eigenvalue weighted by Crippen LogP contribution is -2.17. The van der Waals surface area contributed by atoms with E-state index in [-0.39, 0.29) is 5.75 Å². The molecule has 2 aromatic carbocycles. The number of carbonyl (C=O) groups excluding carboxylic acids is 1. The van der Waals surface area contributed by atoms with Gasteiger partial charge in [-0.1, -0.05) is 41.4 Å². The highest BCUT2D eigenvalue weighted by molar-refractivity contribution is 7.89. The topological polar surface area (TPSA) is 68.5 Å². The van der Waals surface area contributed by atoms with Gasteiger partial charge >= 0.3 is 0 Å². The average Bonchev–Trinajstić information content (AvgIpc) is 3.03. The van der Waals surface area contributed by atoms with Gasteiger partial charge in [-0.3, -0.25) is 4.79 Å². The van der Waals surface area contributed by atoms with E-state index < -0.39 is 15.7 Å². The predicted molar refractivity (Wildman–Crippen MR) is 113 cm³/mol. The van der Waals surface area contributed by atoms with E-state index in [4.69, 9.17) is 23.2 Å². The van der Waals surface area contributed by atoms with Gasteiger partial charge in [0, 0.05) is 33.4 Å². The number of thiazole rings is 1. The van der Waals surface area contributed by atoms with Crippen molar-refractivity contribution in [2.75, 3.05) is 6.26 Å². The van der Waals surface area contributed by atoms with E-state index in [1.165, 1.54) is 11.3 Å². The number of hydrogen-bond acceptors (Lipinski definition) is 4. The summed E-state index contributed by atoms with van der Waals surface area (Å²) in [4.78, 5) is 17.3. The second-order valence-corrected chi connectivity index (χ2v) is 10.1. The number of rotatable bonds is 5. The van der Waals surface area contributed by atoms with E-state index in [1.807, 2.05) is 22.2 Å². The van der Waals surface area contributed by atoms with Crippen LogP contribution >= 0.6 is 34.5 Å². The van der Waals surface area contributed by atoms with Crippen molar-refractivity contribution in [3.05, 3.63) is 85.6 Å². The van der Waals surface area contributed by atoms with E-state index in [9.17, 15) is 13.2 Å². The van der Waals surface area contributed by atoms with E-state index in [2.05, 4.69) is 4.99 Å². The van der Waals surface area contributed by atoms with Crippen molar-refractivity contribution >= 4 is 50.3 Å². The molecule has 0 saturated carbocycles. The molecule has 0 aliphatic rings. The van der Waals surface area contributed by atoms with Crippen LogP contribution in [0.5, 0.6) is 0 Å². The van der Waals surface area contributed by atoms with E-state index >= 15 is 0 Å². The molecule has 1 heterocycles. The third-order valence-corrected chi connectivity index (χ3v) is 6.05. The largest absolute Gasteiger partial charge is 0.319 e. The normalized spacial score (nSPS) is 12.3. The number of aromatic nitrogens is 1. The molecule has 0 aliphatic carbocycles. The Balaban J connectivity index is 1.88. The van der Waals surface area contributed by atoms with Gasteiger partial charge in [0.15, 0.2) is 14.6 Å². The van der Waals surface area contributed by atoms with Crippen molar-refractivity contribution in [2.24, 2.45) is 4.99 Å². The molecule has 0 atom stereocenters. The molecule has 0 saturated heterocycles. The lowest BCUT2D eigenvalue weighted by molar-refractivity contribution is 0.0997. The summed E-state index contributed by atoms with van der Waals surface area (Å²) in [7, 11) is -3.18. The number of sulfone groups is 1. The molecule has 0 N–H and O–H groups in total. The van der Waals surface area contributed by atoms with Crippen LogP contribution < -0.4 is 4.80 Å². The molecule has 146 valence electrons. The van der Waals surface area contributed by atoms with Crippen molar-refractivity contribution in [1.29, 1.82) is 0 Å². The zero-order valence-corrected chi connectivity index (χ0v) is 17.9. The maximum absolute atomic E-state index is 12.6. The molecule has 0 bridgehead atoms. The minimum atomic E-state index is -3.18. The molecule has 0 fully saturated rings. The first-order chi connectivity index (χ1) is 13.2. The molecule has 28 heavy (non-hydrogen) atoms. The highest BCUT2D eigenvalue weighted by Crippen LogP contribution is 2.21. The fourth-order valence-electron chi connectivity index (χ4n) is 2.59. The second kappa shape index (κ2) is 8.61. The van der Waals surface area contributed by atoms with E-state index in [0.29, 0.717) is 32.5 Å². The Morgan fingerprint density at radius 3 is 2.68 bits per heavy atom. The third-order valence-electron chi connectivity index (χ3n) is 3.82. The van der Waals surface area contributed by atoms with Gasteiger partial charge in [0.05, 0.1) is 12.3 Å². The molecule has 5 nitrogen and oxygen atoms in total. The fraction of sp³-hybridized carbons (Fsp3) is 0.158. The van der Waals surface area contributed by atoms with Crippen molar-refractivity contribution in [2.45, 2.75) is 12.3 Å². The first-order valence-electron chi connectivity index (χ1n) is 8.15. The molecule has 9 heteroatoms. The van der Waals surface area contributed by atoms with Crippen LogP contribution in [0.2, 0.25) is 10.0 Å². The van der Waals surface area contributed by atoms with Gasteiger partial charge in [0.2, 0.25) is 0 Å². The van der Waals surface area contributed by atoms with Gasteiger partial charge in [-0.05, 0) is 35.4 Å². The van der Waals surface area contributed by atoms with Crippen LogP contribution in [0.25, 0.3) is 0 Å². The van der Waals surface area contributed by atoms with Gasteiger partial charge in [-0.15, -0.1) is 11.3 Å². The van der Waals surface area contributed by atoms with Crippen molar-refractivity contribution in [3.8, 4) is 0 Å². The predicted octanol–water partition coefficient (Wildman–Crippen LogP) is 4.19. The van der Waals surface area contributed by atoms with E-state index in [1.54, 1.807) is 36.4 Å². The SMILES string of the molecule is CS(=O)(=O)Cc1cccc(C(=O)N=c2sccn2Cc2ccc(Cl)cc2Cl)c1. The highest BCUT2D eigenvalue weighted by Gasteiger charge is 2.10. The first kappa shape index (κ1) is 20.8. The summed E-state index contributed by atoms with van der Waals surface area (Å²) in [5.74, 6) is -0.559. The fourth-order valence-corrected chi connectivity index (χ4v) is 4.57. The lowest BCUT2D eigenvalue weighted by Gasteiger charge is -2.06. The molecule has 3 aromatic rings. The molecular formula is C19H16Cl2N2O3S2. The molecule has 0 unspecified atom stereocenters. The molecule has 0 radical (unpaired) electrons. The Morgan fingerprint density at radius 1 is 1.18 bits per heavy atom. The summed E-state index contributed by atoms with van der Waals surface area (Å²) in [6.45, 7) is 0.444. The minimum Gasteiger partial charge on any atom is -0.319 e. The number of nitrogens with zero attached hydrogens (tertiary/aromatic N) is 2. The van der Waals surface area contributed by atoms with Crippen LogP contribution in [0.15, 0.2) is 59.0 Å². The zero-order valence-electron chi connectivity index (χ0n) is 14.8. The van der Waals surface area contributed by atoms with Gasteiger partial charge in [0.25, 0.3) is 5.91 Å². The average molecular weight is 455 g/mol. The Hall–Kier alpha value is -1.93. The minimum absolute atomic E-state index is 0.123. The molecular weight excluding hydrogens is 439 g/mol. The Labute approximate surface area is 176 Å². The van der Waals surface area contributed by atoms with Crippen LogP contribution in [0, 0.1) is 0 Å². The monoisotopic (exact) mass is 454 g/mol. The maximum Gasteiger partial charge on any atom is 0.279 e.